The van der Waals surface area contributed by atoms with E-state index in [4.69, 9.17) is 15.3 Å². The summed E-state index contributed by atoms with van der Waals surface area (Å²) in [4.78, 5) is 38.5. The van der Waals surface area contributed by atoms with Crippen LogP contribution in [-0.4, -0.2) is 86.0 Å². The monoisotopic (exact) mass is 456 g/mol. The lowest BCUT2D eigenvalue weighted by Crippen LogP contribution is -2.46. The number of aliphatic carboxylic acids is 1. The average molecular weight is 457 g/mol. The van der Waals surface area contributed by atoms with Crippen LogP contribution in [0.3, 0.4) is 0 Å². The maximum Gasteiger partial charge on any atom is 0.340 e. The molecular weight excluding hydrogens is 428 g/mol. The standard InChI is InChI=1S/C20H28N4O6.ClH/c1-29-11-10-24(19(26)15-4-2-14(3-5-15)12-23-21)13-17(25)18(20(27)28)30-16-6-8-22-9-7-16;/h2-5,12,16,18,22H,6-11,13,21H2,1H3,(H,27,28);1H. The van der Waals surface area contributed by atoms with Gasteiger partial charge in [-0.2, -0.15) is 5.10 Å². The lowest BCUT2D eigenvalue weighted by atomic mass is 10.1. The van der Waals surface area contributed by atoms with Gasteiger partial charge < -0.3 is 30.6 Å². The topological polar surface area (TPSA) is 144 Å². The van der Waals surface area contributed by atoms with E-state index in [1.54, 1.807) is 24.3 Å². The minimum atomic E-state index is -1.62. The fraction of sp³-hybridized carbons (Fsp3) is 0.500. The second-order valence-electron chi connectivity index (χ2n) is 6.89. The molecule has 1 saturated heterocycles. The van der Waals surface area contributed by atoms with Gasteiger partial charge >= 0.3 is 5.97 Å². The Bertz CT molecular complexity index is 753. The molecule has 0 spiro atoms. The molecule has 31 heavy (non-hydrogen) atoms. The summed E-state index contributed by atoms with van der Waals surface area (Å²) >= 11 is 0. The smallest absolute Gasteiger partial charge is 0.340 e. The van der Waals surface area contributed by atoms with Gasteiger partial charge in [-0.1, -0.05) is 12.1 Å². The Labute approximate surface area is 187 Å². The van der Waals surface area contributed by atoms with Crippen LogP contribution < -0.4 is 11.2 Å². The van der Waals surface area contributed by atoms with Crippen LogP contribution in [-0.2, 0) is 19.1 Å². The van der Waals surface area contributed by atoms with Gasteiger partial charge in [-0.15, -0.1) is 12.4 Å². The highest BCUT2D eigenvalue weighted by Gasteiger charge is 2.33. The number of hydrogen-bond donors (Lipinski definition) is 3. The van der Waals surface area contributed by atoms with Crippen molar-refractivity contribution in [2.24, 2.45) is 10.9 Å². The van der Waals surface area contributed by atoms with Gasteiger partial charge in [-0.25, -0.2) is 4.79 Å². The summed E-state index contributed by atoms with van der Waals surface area (Å²) in [5.41, 5.74) is 1.06. The van der Waals surface area contributed by atoms with Crippen molar-refractivity contribution in [1.29, 1.82) is 0 Å². The molecule has 11 heteroatoms. The molecule has 10 nitrogen and oxygen atoms in total. The van der Waals surface area contributed by atoms with E-state index in [1.807, 2.05) is 0 Å². The number of benzene rings is 1. The van der Waals surface area contributed by atoms with Gasteiger partial charge in [0.15, 0.2) is 5.78 Å². The lowest BCUT2D eigenvalue weighted by molar-refractivity contribution is -0.161. The molecule has 0 aliphatic carbocycles. The van der Waals surface area contributed by atoms with Crippen LogP contribution in [0.25, 0.3) is 0 Å². The normalized spacial score (nSPS) is 15.3. The zero-order valence-electron chi connectivity index (χ0n) is 17.4. The second kappa shape index (κ2) is 13.7. The van der Waals surface area contributed by atoms with Crippen LogP contribution in [0.5, 0.6) is 0 Å². The Hall–Kier alpha value is -2.53. The number of Topliss-reactive ketones (excluding diaryl/α,β-unsaturated/α-hetero) is 1. The highest BCUT2D eigenvalue weighted by molar-refractivity contribution is 6.04. The lowest BCUT2D eigenvalue weighted by Gasteiger charge is -2.27. The van der Waals surface area contributed by atoms with Crippen molar-refractivity contribution >= 4 is 36.3 Å². The summed E-state index contributed by atoms with van der Waals surface area (Å²) in [6.07, 6.45) is 0.768. The number of hydrazone groups is 1. The first-order valence-electron chi connectivity index (χ1n) is 9.69. The number of hydrogen-bond acceptors (Lipinski definition) is 8. The van der Waals surface area contributed by atoms with E-state index in [1.165, 1.54) is 18.2 Å². The van der Waals surface area contributed by atoms with Gasteiger partial charge in [-0.3, -0.25) is 9.59 Å². The van der Waals surface area contributed by atoms with E-state index >= 15 is 0 Å². The van der Waals surface area contributed by atoms with Crippen LogP contribution >= 0.6 is 12.4 Å². The van der Waals surface area contributed by atoms with Crippen molar-refractivity contribution in [2.75, 3.05) is 39.9 Å². The molecule has 0 radical (unpaired) electrons. The Kier molecular flexibility index (Phi) is 11.7. The summed E-state index contributed by atoms with van der Waals surface area (Å²) in [6, 6.07) is 6.51. The van der Waals surface area contributed by atoms with Crippen molar-refractivity contribution in [3.63, 3.8) is 0 Å². The van der Waals surface area contributed by atoms with Gasteiger partial charge in [0, 0.05) is 19.2 Å². The molecule has 0 saturated carbocycles. The molecule has 1 aromatic rings. The van der Waals surface area contributed by atoms with E-state index in [0.29, 0.717) is 31.5 Å². The highest BCUT2D eigenvalue weighted by Crippen LogP contribution is 2.13. The summed E-state index contributed by atoms with van der Waals surface area (Å²) < 4.78 is 10.6. The largest absolute Gasteiger partial charge is 0.479 e. The third-order valence-electron chi connectivity index (χ3n) is 4.71. The van der Waals surface area contributed by atoms with Crippen LogP contribution in [0.2, 0.25) is 0 Å². The molecule has 1 aliphatic rings. The van der Waals surface area contributed by atoms with E-state index in [9.17, 15) is 19.5 Å². The third kappa shape index (κ3) is 8.25. The maximum atomic E-state index is 12.9. The number of carbonyl (C=O) groups excluding carboxylic acids is 2. The molecule has 4 N–H and O–H groups in total. The molecule has 1 heterocycles. The molecule has 0 bridgehead atoms. The molecule has 172 valence electrons. The Morgan fingerprint density at radius 2 is 1.94 bits per heavy atom. The van der Waals surface area contributed by atoms with E-state index in [-0.39, 0.29) is 31.7 Å². The highest BCUT2D eigenvalue weighted by atomic mass is 35.5. The predicted molar refractivity (Wildman–Crippen MR) is 117 cm³/mol. The quantitative estimate of drug-likeness (QED) is 0.186. The minimum Gasteiger partial charge on any atom is -0.479 e. The Morgan fingerprint density at radius 3 is 2.48 bits per heavy atom. The number of ether oxygens (including phenoxy) is 2. The molecule has 0 aromatic heterocycles. The number of carboxylic acid groups (broad SMARTS) is 1. The number of rotatable bonds is 11. The molecule has 1 aromatic carbocycles. The van der Waals surface area contributed by atoms with E-state index in [2.05, 4.69) is 10.4 Å². The van der Waals surface area contributed by atoms with Gasteiger partial charge in [0.05, 0.1) is 25.5 Å². The first-order valence-corrected chi connectivity index (χ1v) is 9.69. The number of nitrogens with zero attached hydrogens (tertiary/aromatic N) is 2. The molecule has 1 fully saturated rings. The van der Waals surface area contributed by atoms with Crippen molar-refractivity contribution < 1.29 is 29.0 Å². The first-order chi connectivity index (χ1) is 14.5. The molecule has 1 aliphatic heterocycles. The van der Waals surface area contributed by atoms with Crippen molar-refractivity contribution in [2.45, 2.75) is 25.0 Å². The van der Waals surface area contributed by atoms with Gasteiger partial charge in [0.2, 0.25) is 6.10 Å². The van der Waals surface area contributed by atoms with Crippen LogP contribution in [0.1, 0.15) is 28.8 Å². The van der Waals surface area contributed by atoms with Gasteiger partial charge in [0.1, 0.15) is 0 Å². The van der Waals surface area contributed by atoms with Crippen LogP contribution in [0.4, 0.5) is 0 Å². The fourth-order valence-corrected chi connectivity index (χ4v) is 3.10. The number of halogens is 1. The summed E-state index contributed by atoms with van der Waals surface area (Å²) in [6.45, 7) is 1.34. The minimum absolute atomic E-state index is 0. The molecule has 2 rings (SSSR count). The molecular formula is C20H29ClN4O6. The van der Waals surface area contributed by atoms with E-state index < -0.39 is 30.3 Å². The average Bonchev–Trinajstić information content (AvgIpc) is 2.75. The predicted octanol–water partition coefficient (Wildman–Crippen LogP) is 0.281. The van der Waals surface area contributed by atoms with Crippen LogP contribution in [0.15, 0.2) is 29.4 Å². The maximum absolute atomic E-state index is 12.9. The van der Waals surface area contributed by atoms with Crippen molar-refractivity contribution in [3.8, 4) is 0 Å². The summed E-state index contributed by atoms with van der Waals surface area (Å²) in [5, 5.41) is 16.1. The number of carboxylic acids is 1. The summed E-state index contributed by atoms with van der Waals surface area (Å²) in [5.74, 6) is 2.66. The zero-order chi connectivity index (χ0) is 21.9. The number of carbonyl (C=O) groups is 3. The van der Waals surface area contributed by atoms with Crippen molar-refractivity contribution in [3.05, 3.63) is 35.4 Å². The number of methoxy groups -OCH3 is 1. The SMILES string of the molecule is COCCN(CC(=O)C(OC1CCNCC1)C(=O)O)C(=O)c1ccc(C=NN)cc1.Cl. The number of piperidine rings is 1. The Balaban J connectivity index is 0.00000480. The number of ketones is 1. The Morgan fingerprint density at radius 1 is 1.29 bits per heavy atom. The first kappa shape index (κ1) is 26.5. The van der Waals surface area contributed by atoms with Crippen LogP contribution in [0, 0.1) is 0 Å². The number of nitrogens with two attached hydrogens (primary N) is 1. The molecule has 1 unspecified atom stereocenters. The number of nitrogens with one attached hydrogen (secondary N) is 1. The number of amides is 1. The fourth-order valence-electron chi connectivity index (χ4n) is 3.10. The molecule has 1 amide bonds. The third-order valence-corrected chi connectivity index (χ3v) is 4.71. The van der Waals surface area contributed by atoms with Gasteiger partial charge in [0.25, 0.3) is 5.91 Å². The zero-order valence-corrected chi connectivity index (χ0v) is 18.2. The summed E-state index contributed by atoms with van der Waals surface area (Å²) in [7, 11) is 1.48. The van der Waals surface area contributed by atoms with Crippen molar-refractivity contribution in [1.82, 2.24) is 10.2 Å². The van der Waals surface area contributed by atoms with E-state index in [0.717, 1.165) is 5.56 Å². The molecule has 1 atom stereocenters. The second-order valence-corrected chi connectivity index (χ2v) is 6.89. The van der Waals surface area contributed by atoms with Gasteiger partial charge in [-0.05, 0) is 43.6 Å².